The van der Waals surface area contributed by atoms with Crippen molar-refractivity contribution in [3.05, 3.63) is 23.8 Å². The van der Waals surface area contributed by atoms with Gasteiger partial charge in [-0.15, -0.1) is 0 Å². The van der Waals surface area contributed by atoms with E-state index in [4.69, 9.17) is 14.2 Å². The van der Waals surface area contributed by atoms with E-state index >= 15 is 0 Å². The topological polar surface area (TPSA) is 47.9 Å². The molecular weight excluding hydrogens is 196 g/mol. The van der Waals surface area contributed by atoms with E-state index in [9.17, 15) is 5.11 Å². The Bertz CT molecular complexity index is 307. The molecule has 0 amide bonds. The number of ether oxygens (including phenoxy) is 3. The van der Waals surface area contributed by atoms with Crippen LogP contribution in [-0.4, -0.2) is 32.7 Å². The number of rotatable bonds is 5. The van der Waals surface area contributed by atoms with E-state index in [1.54, 1.807) is 26.4 Å². The molecule has 0 radical (unpaired) electrons. The Morgan fingerprint density at radius 2 is 1.87 bits per heavy atom. The molecule has 0 aliphatic carbocycles. The van der Waals surface area contributed by atoms with Gasteiger partial charge in [0.1, 0.15) is 0 Å². The molecule has 4 heteroatoms. The summed E-state index contributed by atoms with van der Waals surface area (Å²) < 4.78 is 15.2. The highest BCUT2D eigenvalue weighted by molar-refractivity contribution is 5.41. The number of aromatic hydroxyl groups is 1. The number of phenolic OH excluding ortho intramolecular Hbond substituents is 1. The van der Waals surface area contributed by atoms with Crippen LogP contribution >= 0.6 is 0 Å². The lowest BCUT2D eigenvalue weighted by atomic mass is 10.1. The highest BCUT2D eigenvalue weighted by Crippen LogP contribution is 2.26. The van der Waals surface area contributed by atoms with Crippen molar-refractivity contribution < 1.29 is 19.3 Å². The third kappa shape index (κ3) is 3.11. The summed E-state index contributed by atoms with van der Waals surface area (Å²) in [5, 5.41) is 9.40. The van der Waals surface area contributed by atoms with Gasteiger partial charge in [-0.2, -0.15) is 0 Å². The maximum Gasteiger partial charge on any atom is 0.160 e. The Balaban J connectivity index is 2.77. The van der Waals surface area contributed by atoms with Crippen molar-refractivity contribution in [1.82, 2.24) is 0 Å². The smallest absolute Gasteiger partial charge is 0.160 e. The Kier molecular flexibility index (Phi) is 4.39. The lowest BCUT2D eigenvalue weighted by molar-refractivity contribution is -0.100. The zero-order valence-corrected chi connectivity index (χ0v) is 9.19. The molecule has 0 aliphatic heterocycles. The lowest BCUT2D eigenvalue weighted by Gasteiger charge is -2.14. The van der Waals surface area contributed by atoms with Crippen molar-refractivity contribution in [2.24, 2.45) is 0 Å². The van der Waals surface area contributed by atoms with E-state index in [1.165, 1.54) is 7.11 Å². The number of phenols is 1. The molecule has 0 spiro atoms. The fourth-order valence-corrected chi connectivity index (χ4v) is 1.30. The monoisotopic (exact) mass is 212 g/mol. The van der Waals surface area contributed by atoms with Crippen LogP contribution in [0.4, 0.5) is 0 Å². The predicted octanol–water partition coefficient (Wildman–Crippen LogP) is 1.56. The molecule has 0 fully saturated rings. The molecule has 1 aromatic carbocycles. The first kappa shape index (κ1) is 11.8. The number of hydrogen-bond donors (Lipinski definition) is 1. The van der Waals surface area contributed by atoms with E-state index in [1.807, 2.05) is 6.07 Å². The molecule has 1 rings (SSSR count). The molecule has 0 saturated carbocycles. The zero-order chi connectivity index (χ0) is 11.3. The maximum absolute atomic E-state index is 9.40. The van der Waals surface area contributed by atoms with E-state index in [0.717, 1.165) is 5.56 Å². The van der Waals surface area contributed by atoms with Crippen molar-refractivity contribution in [2.45, 2.75) is 12.7 Å². The minimum atomic E-state index is -0.278. The van der Waals surface area contributed by atoms with Crippen LogP contribution in [0.15, 0.2) is 18.2 Å². The second-order valence-corrected chi connectivity index (χ2v) is 3.11. The first-order valence-corrected chi connectivity index (χ1v) is 4.62. The van der Waals surface area contributed by atoms with Gasteiger partial charge in [0.2, 0.25) is 0 Å². The normalized spacial score (nSPS) is 10.7. The van der Waals surface area contributed by atoms with E-state index in [-0.39, 0.29) is 12.0 Å². The fourth-order valence-electron chi connectivity index (χ4n) is 1.30. The summed E-state index contributed by atoms with van der Waals surface area (Å²) in [6, 6.07) is 5.17. The van der Waals surface area contributed by atoms with Crippen LogP contribution in [0.3, 0.4) is 0 Å². The van der Waals surface area contributed by atoms with Gasteiger partial charge in [0.25, 0.3) is 0 Å². The molecule has 0 saturated heterocycles. The summed E-state index contributed by atoms with van der Waals surface area (Å²) in [6.45, 7) is 0. The molecule has 0 aliphatic rings. The number of hydrogen-bond acceptors (Lipinski definition) is 4. The van der Waals surface area contributed by atoms with Gasteiger partial charge in [-0.1, -0.05) is 6.07 Å². The van der Waals surface area contributed by atoms with E-state index in [2.05, 4.69) is 0 Å². The van der Waals surface area contributed by atoms with Crippen molar-refractivity contribution in [3.63, 3.8) is 0 Å². The third-order valence-electron chi connectivity index (χ3n) is 2.17. The van der Waals surface area contributed by atoms with Gasteiger partial charge in [0, 0.05) is 20.6 Å². The van der Waals surface area contributed by atoms with Crippen LogP contribution in [0.25, 0.3) is 0 Å². The largest absolute Gasteiger partial charge is 0.504 e. The molecule has 0 heterocycles. The Hall–Kier alpha value is -1.26. The molecule has 0 aromatic heterocycles. The first-order valence-electron chi connectivity index (χ1n) is 4.62. The average Bonchev–Trinajstić information content (AvgIpc) is 2.28. The zero-order valence-electron chi connectivity index (χ0n) is 9.19. The second-order valence-electron chi connectivity index (χ2n) is 3.11. The quantitative estimate of drug-likeness (QED) is 0.752. The molecule has 0 unspecified atom stereocenters. The van der Waals surface area contributed by atoms with Gasteiger partial charge >= 0.3 is 0 Å². The Morgan fingerprint density at radius 1 is 1.20 bits per heavy atom. The average molecular weight is 212 g/mol. The van der Waals surface area contributed by atoms with Crippen LogP contribution in [0.1, 0.15) is 5.56 Å². The number of methoxy groups -OCH3 is 3. The minimum absolute atomic E-state index is 0.132. The van der Waals surface area contributed by atoms with Gasteiger partial charge in [0.15, 0.2) is 17.8 Å². The summed E-state index contributed by atoms with van der Waals surface area (Å²) in [6.07, 6.45) is 0.336. The second kappa shape index (κ2) is 5.58. The highest BCUT2D eigenvalue weighted by atomic mass is 16.7. The van der Waals surface area contributed by atoms with Crippen molar-refractivity contribution in [1.29, 1.82) is 0 Å². The minimum Gasteiger partial charge on any atom is -0.504 e. The molecular formula is C11H16O4. The van der Waals surface area contributed by atoms with Crippen LogP contribution < -0.4 is 4.74 Å². The predicted molar refractivity (Wildman–Crippen MR) is 56.2 cm³/mol. The van der Waals surface area contributed by atoms with Gasteiger partial charge in [-0.3, -0.25) is 0 Å². The lowest BCUT2D eigenvalue weighted by Crippen LogP contribution is -2.15. The molecule has 15 heavy (non-hydrogen) atoms. The molecule has 84 valence electrons. The Labute approximate surface area is 89.4 Å². The van der Waals surface area contributed by atoms with Crippen LogP contribution in [0.5, 0.6) is 11.5 Å². The number of benzene rings is 1. The summed E-state index contributed by atoms with van der Waals surface area (Å²) in [5.41, 5.74) is 0.985. The van der Waals surface area contributed by atoms with Gasteiger partial charge in [-0.25, -0.2) is 0 Å². The first-order chi connectivity index (χ1) is 7.21. The summed E-state index contributed by atoms with van der Waals surface area (Å²) in [4.78, 5) is 0. The maximum atomic E-state index is 9.40. The summed E-state index contributed by atoms with van der Waals surface area (Å²) in [7, 11) is 4.70. The third-order valence-corrected chi connectivity index (χ3v) is 2.17. The van der Waals surface area contributed by atoms with E-state index in [0.29, 0.717) is 12.2 Å². The van der Waals surface area contributed by atoms with Gasteiger partial charge in [-0.05, 0) is 17.7 Å². The molecule has 0 atom stereocenters. The van der Waals surface area contributed by atoms with E-state index < -0.39 is 0 Å². The summed E-state index contributed by atoms with van der Waals surface area (Å²) >= 11 is 0. The van der Waals surface area contributed by atoms with Crippen molar-refractivity contribution >= 4 is 0 Å². The highest BCUT2D eigenvalue weighted by Gasteiger charge is 2.09. The van der Waals surface area contributed by atoms with Crippen LogP contribution in [-0.2, 0) is 15.9 Å². The van der Waals surface area contributed by atoms with Gasteiger partial charge < -0.3 is 19.3 Å². The molecule has 1 aromatic rings. The fraction of sp³-hybridized carbons (Fsp3) is 0.455. The van der Waals surface area contributed by atoms with Crippen LogP contribution in [0, 0.1) is 0 Å². The SMILES string of the molecule is COc1cc(CC(OC)OC)ccc1O. The molecule has 1 N–H and O–H groups in total. The Morgan fingerprint density at radius 3 is 2.40 bits per heavy atom. The molecule has 0 bridgehead atoms. The van der Waals surface area contributed by atoms with Gasteiger partial charge in [0.05, 0.1) is 7.11 Å². The van der Waals surface area contributed by atoms with Crippen molar-refractivity contribution in [3.8, 4) is 11.5 Å². The standard InChI is InChI=1S/C11H16O4/c1-13-10-6-8(4-5-9(10)12)7-11(14-2)15-3/h4-6,11-12H,7H2,1-3H3. The summed E-state index contributed by atoms with van der Waals surface area (Å²) in [5.74, 6) is 0.589. The van der Waals surface area contributed by atoms with Crippen molar-refractivity contribution in [2.75, 3.05) is 21.3 Å². The molecule has 4 nitrogen and oxygen atoms in total. The van der Waals surface area contributed by atoms with Crippen LogP contribution in [0.2, 0.25) is 0 Å².